The Hall–Kier alpha value is -1.63. The third kappa shape index (κ3) is 3.18. The number of hydrogen-bond acceptors (Lipinski definition) is 4. The third-order valence-corrected chi connectivity index (χ3v) is 3.97. The number of nitrogens with one attached hydrogen (secondary N) is 1. The smallest absolute Gasteiger partial charge is 0.123 e. The maximum atomic E-state index is 13.4. The van der Waals surface area contributed by atoms with Crippen molar-refractivity contribution in [2.45, 2.75) is 32.9 Å². The molecule has 1 aromatic carbocycles. The Morgan fingerprint density at radius 1 is 1.48 bits per heavy atom. The Morgan fingerprint density at radius 3 is 2.81 bits per heavy atom. The number of halogens is 2. The number of aryl methyl sites for hydroxylation is 2. The number of nitrogens with two attached hydrogens (primary N) is 2. The number of hydrazine groups is 1. The van der Waals surface area contributed by atoms with Gasteiger partial charge in [0.05, 0.1) is 22.5 Å². The fourth-order valence-corrected chi connectivity index (χ4v) is 2.58. The first kappa shape index (κ1) is 15.8. The molecule has 2 aromatic rings. The average Bonchev–Trinajstić information content (AvgIpc) is 2.74. The molecule has 0 saturated heterocycles. The Bertz CT molecular complexity index is 641. The van der Waals surface area contributed by atoms with Gasteiger partial charge < -0.3 is 5.73 Å². The molecule has 7 heteroatoms. The number of benzene rings is 1. The van der Waals surface area contributed by atoms with Crippen LogP contribution in [0.25, 0.3) is 0 Å². The van der Waals surface area contributed by atoms with Crippen LogP contribution in [0.2, 0.25) is 5.02 Å². The van der Waals surface area contributed by atoms with Gasteiger partial charge in [-0.25, -0.2) is 4.39 Å². The van der Waals surface area contributed by atoms with Crippen LogP contribution in [0.3, 0.4) is 0 Å². The van der Waals surface area contributed by atoms with Crippen LogP contribution in [-0.2, 0) is 13.0 Å². The number of anilines is 1. The van der Waals surface area contributed by atoms with Gasteiger partial charge in [-0.05, 0) is 37.6 Å². The summed E-state index contributed by atoms with van der Waals surface area (Å²) < 4.78 is 15.3. The molecule has 0 spiro atoms. The lowest BCUT2D eigenvalue weighted by Crippen LogP contribution is -2.31. The average molecular weight is 312 g/mol. The van der Waals surface area contributed by atoms with Crippen molar-refractivity contribution in [1.29, 1.82) is 0 Å². The molecule has 1 atom stereocenters. The maximum Gasteiger partial charge on any atom is 0.123 e. The second-order valence-electron chi connectivity index (χ2n) is 4.86. The number of nitrogens with zero attached hydrogens (tertiary/aromatic N) is 2. The molecule has 1 aromatic heterocycles. The summed E-state index contributed by atoms with van der Waals surface area (Å²) in [6.45, 7) is 4.52. The predicted molar refractivity (Wildman–Crippen MR) is 82.2 cm³/mol. The van der Waals surface area contributed by atoms with Gasteiger partial charge in [0.25, 0.3) is 0 Å². The van der Waals surface area contributed by atoms with Crippen LogP contribution < -0.4 is 17.0 Å². The fourth-order valence-electron chi connectivity index (χ4n) is 2.36. The molecule has 0 bridgehead atoms. The fraction of sp³-hybridized carbons (Fsp3) is 0.357. The zero-order valence-electron chi connectivity index (χ0n) is 12.0. The van der Waals surface area contributed by atoms with Crippen molar-refractivity contribution in [3.63, 3.8) is 0 Å². The van der Waals surface area contributed by atoms with Gasteiger partial charge >= 0.3 is 0 Å². The Labute approximate surface area is 128 Å². The van der Waals surface area contributed by atoms with Crippen molar-refractivity contribution in [2.75, 3.05) is 5.73 Å². The summed E-state index contributed by atoms with van der Waals surface area (Å²) in [6.07, 6.45) is 0.470. The first-order chi connectivity index (χ1) is 9.97. The van der Waals surface area contributed by atoms with Crippen molar-refractivity contribution in [3.05, 3.63) is 46.0 Å². The van der Waals surface area contributed by atoms with Gasteiger partial charge in [-0.3, -0.25) is 16.0 Å². The highest BCUT2D eigenvalue weighted by Crippen LogP contribution is 2.28. The second kappa shape index (κ2) is 6.43. The largest absolute Gasteiger partial charge is 0.398 e. The van der Waals surface area contributed by atoms with E-state index in [-0.39, 0.29) is 11.9 Å². The van der Waals surface area contributed by atoms with E-state index >= 15 is 0 Å². The molecule has 1 heterocycles. The molecule has 0 radical (unpaired) electrons. The van der Waals surface area contributed by atoms with Crippen LogP contribution in [0.4, 0.5) is 10.1 Å². The molecule has 5 nitrogen and oxygen atoms in total. The second-order valence-corrected chi connectivity index (χ2v) is 5.24. The molecule has 114 valence electrons. The molecular formula is C14H19ClFN5. The molecular weight excluding hydrogens is 293 g/mol. The maximum absolute atomic E-state index is 13.4. The van der Waals surface area contributed by atoms with E-state index in [2.05, 4.69) is 10.5 Å². The van der Waals surface area contributed by atoms with Gasteiger partial charge in [-0.15, -0.1) is 0 Å². The van der Waals surface area contributed by atoms with E-state index in [1.165, 1.54) is 18.2 Å². The molecule has 0 aliphatic rings. The van der Waals surface area contributed by atoms with Gasteiger partial charge in [-0.2, -0.15) is 5.10 Å². The number of aromatic nitrogens is 2. The van der Waals surface area contributed by atoms with Crippen LogP contribution >= 0.6 is 11.6 Å². The van der Waals surface area contributed by atoms with E-state index in [4.69, 9.17) is 23.2 Å². The standard InChI is InChI=1S/C14H19ClFN5/c1-3-21-13(14(15)8(2)20-21)7-12(19-18)10-6-9(16)4-5-11(10)17/h4-6,12,19H,3,7,17-18H2,1-2H3. The summed E-state index contributed by atoms with van der Waals surface area (Å²) in [4.78, 5) is 0. The lowest BCUT2D eigenvalue weighted by Gasteiger charge is -2.19. The van der Waals surface area contributed by atoms with Crippen LogP contribution in [0, 0.1) is 12.7 Å². The molecule has 0 aliphatic carbocycles. The molecule has 21 heavy (non-hydrogen) atoms. The van der Waals surface area contributed by atoms with Crippen molar-refractivity contribution < 1.29 is 4.39 Å². The normalized spacial score (nSPS) is 12.6. The van der Waals surface area contributed by atoms with E-state index in [1.807, 2.05) is 18.5 Å². The highest BCUT2D eigenvalue weighted by atomic mass is 35.5. The predicted octanol–water partition coefficient (Wildman–Crippen LogP) is 2.33. The lowest BCUT2D eigenvalue weighted by molar-refractivity contribution is 0.514. The van der Waals surface area contributed by atoms with Crippen molar-refractivity contribution >= 4 is 17.3 Å². The third-order valence-electron chi connectivity index (χ3n) is 3.48. The first-order valence-electron chi connectivity index (χ1n) is 6.70. The van der Waals surface area contributed by atoms with Crippen molar-refractivity contribution in [2.24, 2.45) is 5.84 Å². The lowest BCUT2D eigenvalue weighted by atomic mass is 10.0. The SMILES string of the molecule is CCn1nc(C)c(Cl)c1CC(NN)c1cc(F)ccc1N. The summed E-state index contributed by atoms with van der Waals surface area (Å²) in [5, 5.41) is 4.96. The molecule has 1 unspecified atom stereocenters. The van der Waals surface area contributed by atoms with Crippen LogP contribution in [-0.4, -0.2) is 9.78 Å². The minimum Gasteiger partial charge on any atom is -0.398 e. The Kier molecular flexibility index (Phi) is 4.82. The number of rotatable bonds is 5. The zero-order chi connectivity index (χ0) is 15.6. The van der Waals surface area contributed by atoms with Crippen LogP contribution in [0.1, 0.15) is 29.9 Å². The Morgan fingerprint density at radius 2 is 2.19 bits per heavy atom. The first-order valence-corrected chi connectivity index (χ1v) is 7.08. The quantitative estimate of drug-likeness (QED) is 0.450. The topological polar surface area (TPSA) is 81.9 Å². The molecule has 0 saturated carbocycles. The van der Waals surface area contributed by atoms with E-state index in [0.717, 1.165) is 11.4 Å². The number of hydrogen-bond donors (Lipinski definition) is 3. The summed E-state index contributed by atoms with van der Waals surface area (Å²) in [6, 6.07) is 3.88. The van der Waals surface area contributed by atoms with E-state index < -0.39 is 0 Å². The van der Waals surface area contributed by atoms with Gasteiger partial charge in [0.15, 0.2) is 0 Å². The van der Waals surface area contributed by atoms with Crippen molar-refractivity contribution in [3.8, 4) is 0 Å². The van der Waals surface area contributed by atoms with Gasteiger partial charge in [0.1, 0.15) is 5.82 Å². The highest BCUT2D eigenvalue weighted by Gasteiger charge is 2.20. The monoisotopic (exact) mass is 311 g/mol. The summed E-state index contributed by atoms with van der Waals surface area (Å²) in [5.74, 6) is 5.26. The van der Waals surface area contributed by atoms with E-state index in [1.54, 1.807) is 0 Å². The summed E-state index contributed by atoms with van der Waals surface area (Å²) in [5.41, 5.74) is 11.3. The van der Waals surface area contributed by atoms with Crippen molar-refractivity contribution in [1.82, 2.24) is 15.2 Å². The van der Waals surface area contributed by atoms with Gasteiger partial charge in [-0.1, -0.05) is 11.6 Å². The minimum absolute atomic E-state index is 0.348. The molecule has 5 N–H and O–H groups in total. The molecule has 0 aliphatic heterocycles. The van der Waals surface area contributed by atoms with E-state index in [0.29, 0.717) is 29.2 Å². The van der Waals surface area contributed by atoms with Crippen LogP contribution in [0.15, 0.2) is 18.2 Å². The highest BCUT2D eigenvalue weighted by molar-refractivity contribution is 6.31. The summed E-state index contributed by atoms with van der Waals surface area (Å²) >= 11 is 6.30. The van der Waals surface area contributed by atoms with E-state index in [9.17, 15) is 4.39 Å². The number of nitrogen functional groups attached to an aromatic ring is 1. The van der Waals surface area contributed by atoms with Gasteiger partial charge in [0.2, 0.25) is 0 Å². The molecule has 2 rings (SSSR count). The summed E-state index contributed by atoms with van der Waals surface area (Å²) in [7, 11) is 0. The zero-order valence-corrected chi connectivity index (χ0v) is 12.8. The van der Waals surface area contributed by atoms with Gasteiger partial charge in [0, 0.05) is 18.7 Å². The van der Waals surface area contributed by atoms with Crippen LogP contribution in [0.5, 0.6) is 0 Å². The molecule has 0 amide bonds. The molecule has 0 fully saturated rings. The minimum atomic E-state index is -0.356. The Balaban J connectivity index is 2.38.